The lowest BCUT2D eigenvalue weighted by Gasteiger charge is -2.12. The number of anilines is 1. The summed E-state index contributed by atoms with van der Waals surface area (Å²) in [7, 11) is 3.24. The SMILES string of the molecule is CNC(=O)NC1C(=O)N(C)c2cc(C)ccc21. The molecule has 0 bridgehead atoms. The van der Waals surface area contributed by atoms with Crippen LogP contribution < -0.4 is 15.5 Å². The van der Waals surface area contributed by atoms with Crippen molar-refractivity contribution in [2.75, 3.05) is 19.0 Å². The molecule has 2 rings (SSSR count). The van der Waals surface area contributed by atoms with Crippen LogP contribution in [0.4, 0.5) is 10.5 Å². The van der Waals surface area contributed by atoms with E-state index in [0.29, 0.717) is 0 Å². The summed E-state index contributed by atoms with van der Waals surface area (Å²) in [5.74, 6) is -0.116. The average molecular weight is 233 g/mol. The monoisotopic (exact) mass is 233 g/mol. The topological polar surface area (TPSA) is 61.4 Å². The first-order chi connectivity index (χ1) is 8.04. The molecular weight excluding hydrogens is 218 g/mol. The van der Waals surface area contributed by atoms with Gasteiger partial charge in [-0.15, -0.1) is 0 Å². The summed E-state index contributed by atoms with van der Waals surface area (Å²) in [4.78, 5) is 24.9. The van der Waals surface area contributed by atoms with E-state index in [1.807, 2.05) is 25.1 Å². The minimum Gasteiger partial charge on any atom is -0.341 e. The molecular formula is C12H15N3O2. The molecule has 1 aliphatic rings. The molecule has 1 heterocycles. The quantitative estimate of drug-likeness (QED) is 0.758. The molecule has 1 aliphatic heterocycles. The third-order valence-corrected chi connectivity index (χ3v) is 2.94. The van der Waals surface area contributed by atoms with Gasteiger partial charge >= 0.3 is 6.03 Å². The lowest BCUT2D eigenvalue weighted by atomic mass is 10.1. The number of carbonyl (C=O) groups excluding carboxylic acids is 2. The van der Waals surface area contributed by atoms with Crippen molar-refractivity contribution in [1.29, 1.82) is 0 Å². The second-order valence-electron chi connectivity index (χ2n) is 4.12. The molecule has 90 valence electrons. The van der Waals surface area contributed by atoms with Crippen molar-refractivity contribution in [2.24, 2.45) is 0 Å². The number of urea groups is 1. The van der Waals surface area contributed by atoms with Gasteiger partial charge < -0.3 is 15.5 Å². The van der Waals surface area contributed by atoms with Crippen LogP contribution in [0.2, 0.25) is 0 Å². The second kappa shape index (κ2) is 4.08. The first kappa shape index (κ1) is 11.4. The van der Waals surface area contributed by atoms with Crippen molar-refractivity contribution < 1.29 is 9.59 Å². The Morgan fingerprint density at radius 2 is 2.12 bits per heavy atom. The summed E-state index contributed by atoms with van der Waals surface area (Å²) in [5, 5.41) is 5.09. The lowest BCUT2D eigenvalue weighted by Crippen LogP contribution is -2.40. The van der Waals surface area contributed by atoms with Gasteiger partial charge in [-0.25, -0.2) is 4.79 Å². The molecule has 0 fully saturated rings. The summed E-state index contributed by atoms with van der Waals surface area (Å²) in [5.41, 5.74) is 2.78. The summed E-state index contributed by atoms with van der Waals surface area (Å²) in [6.07, 6.45) is 0. The van der Waals surface area contributed by atoms with Crippen LogP contribution >= 0.6 is 0 Å². The summed E-state index contributed by atoms with van der Waals surface area (Å²) < 4.78 is 0. The van der Waals surface area contributed by atoms with Gasteiger partial charge in [-0.2, -0.15) is 0 Å². The highest BCUT2D eigenvalue weighted by Crippen LogP contribution is 2.35. The standard InChI is InChI=1S/C12H15N3O2/c1-7-4-5-8-9(6-7)15(3)11(16)10(8)14-12(17)13-2/h4-6,10H,1-3H3,(H2,13,14,17). The van der Waals surface area contributed by atoms with E-state index in [1.165, 1.54) is 7.05 Å². The van der Waals surface area contributed by atoms with Crippen LogP contribution in [0.15, 0.2) is 18.2 Å². The summed E-state index contributed by atoms with van der Waals surface area (Å²) in [6.45, 7) is 1.97. The molecule has 2 N–H and O–H groups in total. The predicted molar refractivity (Wildman–Crippen MR) is 64.9 cm³/mol. The fraction of sp³-hybridized carbons (Fsp3) is 0.333. The molecule has 0 radical (unpaired) electrons. The van der Waals surface area contributed by atoms with E-state index >= 15 is 0 Å². The van der Waals surface area contributed by atoms with Crippen LogP contribution in [-0.4, -0.2) is 26.0 Å². The number of nitrogens with one attached hydrogen (secondary N) is 2. The zero-order chi connectivity index (χ0) is 12.6. The molecule has 0 aromatic heterocycles. The normalized spacial score (nSPS) is 17.9. The molecule has 0 saturated carbocycles. The van der Waals surface area contributed by atoms with Crippen molar-refractivity contribution in [2.45, 2.75) is 13.0 Å². The number of hydrogen-bond acceptors (Lipinski definition) is 2. The van der Waals surface area contributed by atoms with Crippen LogP contribution in [0, 0.1) is 6.92 Å². The van der Waals surface area contributed by atoms with Gasteiger partial charge in [0, 0.05) is 25.3 Å². The molecule has 1 atom stereocenters. The number of carbonyl (C=O) groups is 2. The highest BCUT2D eigenvalue weighted by atomic mass is 16.2. The van der Waals surface area contributed by atoms with Gasteiger partial charge in [0.25, 0.3) is 5.91 Å². The minimum absolute atomic E-state index is 0.116. The third kappa shape index (κ3) is 1.84. The Balaban J connectivity index is 2.38. The average Bonchev–Trinajstić information content (AvgIpc) is 2.54. The van der Waals surface area contributed by atoms with Gasteiger partial charge in [0.2, 0.25) is 0 Å². The summed E-state index contributed by atoms with van der Waals surface area (Å²) in [6, 6.07) is 4.82. The Morgan fingerprint density at radius 3 is 2.76 bits per heavy atom. The van der Waals surface area contributed by atoms with Gasteiger partial charge in [0.1, 0.15) is 6.04 Å². The van der Waals surface area contributed by atoms with Gasteiger partial charge in [0.15, 0.2) is 0 Å². The van der Waals surface area contributed by atoms with Gasteiger partial charge in [-0.3, -0.25) is 4.79 Å². The van der Waals surface area contributed by atoms with E-state index in [9.17, 15) is 9.59 Å². The van der Waals surface area contributed by atoms with E-state index in [1.54, 1.807) is 11.9 Å². The maximum absolute atomic E-state index is 12.0. The van der Waals surface area contributed by atoms with Crippen molar-refractivity contribution in [3.05, 3.63) is 29.3 Å². The van der Waals surface area contributed by atoms with E-state index in [4.69, 9.17) is 0 Å². The number of aryl methyl sites for hydroxylation is 1. The Bertz CT molecular complexity index is 485. The zero-order valence-corrected chi connectivity index (χ0v) is 10.1. The molecule has 17 heavy (non-hydrogen) atoms. The van der Waals surface area contributed by atoms with Crippen molar-refractivity contribution in [3.63, 3.8) is 0 Å². The number of amides is 3. The number of benzene rings is 1. The molecule has 5 nitrogen and oxygen atoms in total. The molecule has 0 saturated heterocycles. The fourth-order valence-electron chi connectivity index (χ4n) is 1.98. The summed E-state index contributed by atoms with van der Waals surface area (Å²) >= 11 is 0. The minimum atomic E-state index is -0.587. The molecule has 3 amide bonds. The highest BCUT2D eigenvalue weighted by Gasteiger charge is 2.35. The number of fused-ring (bicyclic) bond motifs is 1. The molecule has 1 aromatic rings. The zero-order valence-electron chi connectivity index (χ0n) is 10.1. The Kier molecular flexibility index (Phi) is 2.75. The molecule has 1 unspecified atom stereocenters. The van der Waals surface area contributed by atoms with E-state index in [0.717, 1.165) is 16.8 Å². The first-order valence-electron chi connectivity index (χ1n) is 5.41. The Hall–Kier alpha value is -2.04. The molecule has 0 aliphatic carbocycles. The van der Waals surface area contributed by atoms with Crippen molar-refractivity contribution in [1.82, 2.24) is 10.6 Å². The van der Waals surface area contributed by atoms with Crippen molar-refractivity contribution in [3.8, 4) is 0 Å². The van der Waals surface area contributed by atoms with Crippen LogP contribution in [0.5, 0.6) is 0 Å². The maximum Gasteiger partial charge on any atom is 0.315 e. The van der Waals surface area contributed by atoms with Crippen LogP contribution in [-0.2, 0) is 4.79 Å². The predicted octanol–water partition coefficient (Wildman–Crippen LogP) is 0.942. The van der Waals surface area contributed by atoms with E-state index in [-0.39, 0.29) is 11.9 Å². The highest BCUT2D eigenvalue weighted by molar-refractivity contribution is 6.05. The van der Waals surface area contributed by atoms with Gasteiger partial charge in [-0.1, -0.05) is 12.1 Å². The molecule has 0 spiro atoms. The van der Waals surface area contributed by atoms with Crippen LogP contribution in [0.1, 0.15) is 17.2 Å². The smallest absolute Gasteiger partial charge is 0.315 e. The Morgan fingerprint density at radius 1 is 1.41 bits per heavy atom. The Labute approximate surface area is 99.8 Å². The number of hydrogen-bond donors (Lipinski definition) is 2. The lowest BCUT2D eigenvalue weighted by molar-refractivity contribution is -0.119. The molecule has 5 heteroatoms. The van der Waals surface area contributed by atoms with E-state index < -0.39 is 6.04 Å². The number of rotatable bonds is 1. The fourth-order valence-corrected chi connectivity index (χ4v) is 1.98. The second-order valence-corrected chi connectivity index (χ2v) is 4.12. The third-order valence-electron chi connectivity index (χ3n) is 2.94. The van der Waals surface area contributed by atoms with Gasteiger partial charge in [0.05, 0.1) is 0 Å². The molecule has 1 aromatic carbocycles. The van der Waals surface area contributed by atoms with Crippen LogP contribution in [0.25, 0.3) is 0 Å². The largest absolute Gasteiger partial charge is 0.341 e. The van der Waals surface area contributed by atoms with Gasteiger partial charge in [-0.05, 0) is 18.6 Å². The number of nitrogens with zero attached hydrogens (tertiary/aromatic N) is 1. The van der Waals surface area contributed by atoms with Crippen LogP contribution in [0.3, 0.4) is 0 Å². The number of likely N-dealkylation sites (N-methyl/N-ethyl adjacent to an activating group) is 1. The maximum atomic E-state index is 12.0. The van der Waals surface area contributed by atoms with E-state index in [2.05, 4.69) is 10.6 Å². The van der Waals surface area contributed by atoms with Crippen molar-refractivity contribution >= 4 is 17.6 Å². The first-order valence-corrected chi connectivity index (χ1v) is 5.41.